The summed E-state index contributed by atoms with van der Waals surface area (Å²) in [6.45, 7) is 4.12. The van der Waals surface area contributed by atoms with Gasteiger partial charge in [-0.05, 0) is 80.3 Å². The first-order chi connectivity index (χ1) is 16.5. The topological polar surface area (TPSA) is 99.8 Å². The molecule has 0 radical (unpaired) electrons. The molecular weight excluding hydrogens is 617 g/mol. The molecule has 0 saturated carbocycles. The van der Waals surface area contributed by atoms with Crippen LogP contribution in [0, 0.1) is 15.2 Å². The summed E-state index contributed by atoms with van der Waals surface area (Å²) in [5, 5.41) is 2.77. The third kappa shape index (κ3) is 8.36. The van der Waals surface area contributed by atoms with Gasteiger partial charge < -0.3 is 10.2 Å². The standard InChI is InChI=1S/C22H26ClF2IN4O4S/c1-4-11-34-29-22(31)15-13-18(35(32,33)27-9-5-6-10-30(2)3)19(24)20(25)21(15)28-17-8-7-14(26)12-16(17)23/h4,7-8,12-13,27-28H,1,5-6,9-11H2,2-3H3,(H,29,31). The minimum atomic E-state index is -4.47. The summed E-state index contributed by atoms with van der Waals surface area (Å²) in [6, 6.07) is 5.49. The van der Waals surface area contributed by atoms with Crippen LogP contribution in [0.2, 0.25) is 5.02 Å². The smallest absolute Gasteiger partial charge is 0.277 e. The van der Waals surface area contributed by atoms with Crippen LogP contribution in [0.4, 0.5) is 20.2 Å². The molecule has 35 heavy (non-hydrogen) atoms. The second-order valence-electron chi connectivity index (χ2n) is 7.61. The van der Waals surface area contributed by atoms with Crippen molar-refractivity contribution >= 4 is 61.5 Å². The molecule has 1 amide bonds. The Balaban J connectivity index is 2.46. The number of halogens is 4. The lowest BCUT2D eigenvalue weighted by molar-refractivity contribution is 0.0422. The van der Waals surface area contributed by atoms with Gasteiger partial charge in [0.2, 0.25) is 10.0 Å². The van der Waals surface area contributed by atoms with Gasteiger partial charge in [-0.25, -0.2) is 27.4 Å². The maximum Gasteiger partial charge on any atom is 0.277 e. The van der Waals surface area contributed by atoms with Crippen molar-refractivity contribution in [1.82, 2.24) is 15.1 Å². The first kappa shape index (κ1) is 29.4. The van der Waals surface area contributed by atoms with Gasteiger partial charge in [-0.15, -0.1) is 6.58 Å². The molecule has 2 aromatic carbocycles. The Kier molecular flexibility index (Phi) is 11.3. The van der Waals surface area contributed by atoms with Crippen molar-refractivity contribution in [3.8, 4) is 0 Å². The minimum Gasteiger partial charge on any atom is -0.351 e. The van der Waals surface area contributed by atoms with Gasteiger partial charge in [-0.2, -0.15) is 0 Å². The molecule has 3 N–H and O–H groups in total. The van der Waals surface area contributed by atoms with E-state index < -0.39 is 43.7 Å². The minimum absolute atomic E-state index is 0.0134. The number of amides is 1. The van der Waals surface area contributed by atoms with Crippen molar-refractivity contribution in [2.75, 3.05) is 39.1 Å². The molecule has 192 valence electrons. The number of carbonyl (C=O) groups is 1. The zero-order chi connectivity index (χ0) is 26.2. The lowest BCUT2D eigenvalue weighted by Crippen LogP contribution is -2.29. The number of anilines is 2. The van der Waals surface area contributed by atoms with Crippen molar-refractivity contribution in [2.45, 2.75) is 17.7 Å². The second-order valence-corrected chi connectivity index (χ2v) is 11.0. The maximum absolute atomic E-state index is 15.2. The zero-order valence-electron chi connectivity index (χ0n) is 19.1. The van der Waals surface area contributed by atoms with Crippen LogP contribution in [0.25, 0.3) is 0 Å². The fraction of sp³-hybridized carbons (Fsp3) is 0.318. The molecule has 0 aliphatic heterocycles. The summed E-state index contributed by atoms with van der Waals surface area (Å²) in [5.41, 5.74) is 1.13. The lowest BCUT2D eigenvalue weighted by atomic mass is 10.1. The lowest BCUT2D eigenvalue weighted by Gasteiger charge is -2.17. The number of unbranched alkanes of at least 4 members (excludes halogenated alkanes) is 1. The highest BCUT2D eigenvalue weighted by atomic mass is 127. The van der Waals surface area contributed by atoms with Gasteiger partial charge in [0.05, 0.1) is 28.6 Å². The van der Waals surface area contributed by atoms with Gasteiger partial charge >= 0.3 is 0 Å². The number of rotatable bonds is 13. The number of nitrogens with one attached hydrogen (secondary N) is 3. The Morgan fingerprint density at radius 3 is 2.57 bits per heavy atom. The van der Waals surface area contributed by atoms with E-state index in [1.54, 1.807) is 12.1 Å². The number of hydroxylamine groups is 1. The Morgan fingerprint density at radius 2 is 1.94 bits per heavy atom. The van der Waals surface area contributed by atoms with E-state index >= 15 is 8.78 Å². The van der Waals surface area contributed by atoms with Crippen LogP contribution in [0.3, 0.4) is 0 Å². The molecule has 13 heteroatoms. The summed E-state index contributed by atoms with van der Waals surface area (Å²) < 4.78 is 58.8. The summed E-state index contributed by atoms with van der Waals surface area (Å²) in [4.78, 5) is 18.5. The third-order valence-electron chi connectivity index (χ3n) is 4.59. The molecule has 0 atom stereocenters. The highest BCUT2D eigenvalue weighted by Gasteiger charge is 2.29. The van der Waals surface area contributed by atoms with E-state index in [-0.39, 0.29) is 23.9 Å². The highest BCUT2D eigenvalue weighted by molar-refractivity contribution is 14.1. The van der Waals surface area contributed by atoms with E-state index in [1.165, 1.54) is 12.1 Å². The third-order valence-corrected chi connectivity index (χ3v) is 7.03. The fourth-order valence-electron chi connectivity index (χ4n) is 2.88. The van der Waals surface area contributed by atoms with E-state index in [1.807, 2.05) is 41.6 Å². The van der Waals surface area contributed by atoms with Crippen molar-refractivity contribution < 1.29 is 26.8 Å². The van der Waals surface area contributed by atoms with Crippen molar-refractivity contribution in [3.05, 3.63) is 62.7 Å². The monoisotopic (exact) mass is 642 g/mol. The predicted octanol–water partition coefficient (Wildman–Crippen LogP) is 4.43. The highest BCUT2D eigenvalue weighted by Crippen LogP contribution is 2.34. The van der Waals surface area contributed by atoms with Crippen LogP contribution in [-0.2, 0) is 14.9 Å². The summed E-state index contributed by atoms with van der Waals surface area (Å²) >= 11 is 8.21. The van der Waals surface area contributed by atoms with Gasteiger partial charge in [0.1, 0.15) is 4.90 Å². The zero-order valence-corrected chi connectivity index (χ0v) is 22.9. The quantitative estimate of drug-likeness (QED) is 0.129. The predicted molar refractivity (Wildman–Crippen MR) is 140 cm³/mol. The first-order valence-corrected chi connectivity index (χ1v) is 13.3. The number of hydrogen-bond acceptors (Lipinski definition) is 6. The molecule has 0 unspecified atom stereocenters. The normalized spacial score (nSPS) is 11.5. The van der Waals surface area contributed by atoms with Crippen LogP contribution in [0.5, 0.6) is 0 Å². The van der Waals surface area contributed by atoms with E-state index in [0.29, 0.717) is 12.8 Å². The van der Waals surface area contributed by atoms with Crippen LogP contribution >= 0.6 is 34.2 Å². The maximum atomic E-state index is 15.2. The first-order valence-electron chi connectivity index (χ1n) is 10.4. The number of sulfonamides is 1. The van der Waals surface area contributed by atoms with Gasteiger partial charge in [0.15, 0.2) is 11.6 Å². The molecular formula is C22H26ClF2IN4O4S. The van der Waals surface area contributed by atoms with Gasteiger partial charge in [0, 0.05) is 10.1 Å². The largest absolute Gasteiger partial charge is 0.351 e. The van der Waals surface area contributed by atoms with E-state index in [2.05, 4.69) is 22.1 Å². The fourth-order valence-corrected chi connectivity index (χ4v) is 4.95. The molecule has 2 rings (SSSR count). The average Bonchev–Trinajstić information content (AvgIpc) is 2.78. The molecule has 0 aliphatic rings. The van der Waals surface area contributed by atoms with E-state index in [4.69, 9.17) is 16.4 Å². The Morgan fingerprint density at radius 1 is 1.23 bits per heavy atom. The Hall–Kier alpha value is -1.84. The van der Waals surface area contributed by atoms with Crippen molar-refractivity contribution in [2.24, 2.45) is 0 Å². The summed E-state index contributed by atoms with van der Waals surface area (Å²) in [7, 11) is -0.706. The van der Waals surface area contributed by atoms with Gasteiger partial charge in [0.25, 0.3) is 5.91 Å². The average molecular weight is 643 g/mol. The van der Waals surface area contributed by atoms with Crippen LogP contribution < -0.4 is 15.5 Å². The van der Waals surface area contributed by atoms with Crippen LogP contribution in [0.15, 0.2) is 41.8 Å². The van der Waals surface area contributed by atoms with E-state index in [0.717, 1.165) is 16.2 Å². The van der Waals surface area contributed by atoms with Crippen molar-refractivity contribution in [1.29, 1.82) is 0 Å². The Bertz CT molecular complexity index is 1180. The number of benzene rings is 2. The molecule has 0 aromatic heterocycles. The summed E-state index contributed by atoms with van der Waals surface area (Å²) in [6.07, 6.45) is 2.53. The number of hydrogen-bond donors (Lipinski definition) is 3. The van der Waals surface area contributed by atoms with Crippen molar-refractivity contribution in [3.63, 3.8) is 0 Å². The molecule has 0 heterocycles. The second kappa shape index (κ2) is 13.5. The molecule has 0 aliphatic carbocycles. The molecule has 0 fully saturated rings. The number of nitrogens with zero attached hydrogens (tertiary/aromatic N) is 1. The summed E-state index contributed by atoms with van der Waals surface area (Å²) in [5.74, 6) is -4.21. The molecule has 2 aromatic rings. The van der Waals surface area contributed by atoms with E-state index in [9.17, 15) is 13.2 Å². The number of carbonyl (C=O) groups excluding carboxylic acids is 1. The Labute approximate surface area is 222 Å². The SMILES string of the molecule is C=CCONC(=O)c1cc(S(=O)(=O)NCCCCN(C)C)c(F)c(F)c1Nc1ccc(I)cc1Cl. The van der Waals surface area contributed by atoms with Gasteiger partial charge in [-0.3, -0.25) is 9.63 Å². The molecule has 0 saturated heterocycles. The van der Waals surface area contributed by atoms with Crippen LogP contribution in [0.1, 0.15) is 23.2 Å². The van der Waals surface area contributed by atoms with Gasteiger partial charge in [-0.1, -0.05) is 17.7 Å². The molecule has 0 bridgehead atoms. The molecule has 0 spiro atoms. The molecule has 8 nitrogen and oxygen atoms in total. The van der Waals surface area contributed by atoms with Crippen LogP contribution in [-0.4, -0.2) is 53.0 Å².